The van der Waals surface area contributed by atoms with E-state index in [0.717, 1.165) is 17.0 Å². The zero-order valence-electron chi connectivity index (χ0n) is 11.6. The third-order valence-electron chi connectivity index (χ3n) is 3.41. The van der Waals surface area contributed by atoms with Gasteiger partial charge in [-0.1, -0.05) is 0 Å². The van der Waals surface area contributed by atoms with E-state index in [2.05, 4.69) is 9.97 Å². The number of benzene rings is 1. The van der Waals surface area contributed by atoms with Crippen LogP contribution in [0.3, 0.4) is 0 Å². The lowest BCUT2D eigenvalue weighted by molar-refractivity contribution is 0.395. The van der Waals surface area contributed by atoms with E-state index in [1.54, 1.807) is 14.2 Å². The summed E-state index contributed by atoms with van der Waals surface area (Å²) in [6.45, 7) is 0. The van der Waals surface area contributed by atoms with Crippen LogP contribution in [0, 0.1) is 0 Å². The molecule has 1 aromatic heterocycles. The van der Waals surface area contributed by atoms with Crippen molar-refractivity contribution in [2.75, 3.05) is 20.0 Å². The maximum Gasteiger partial charge on any atom is 0.165 e. The highest BCUT2D eigenvalue weighted by molar-refractivity contribution is 5.67. The standard InChI is InChI=1S/C15H17N3O2/c1-19-10-5-6-11(13(7-10)20-2)15-17-12(9-3-4-9)8-14(16)18-15/h5-9H,3-4H2,1-2H3,(H2,16,17,18). The summed E-state index contributed by atoms with van der Waals surface area (Å²) in [6.07, 6.45) is 2.35. The number of methoxy groups -OCH3 is 2. The van der Waals surface area contributed by atoms with Crippen molar-refractivity contribution in [3.05, 3.63) is 30.0 Å². The van der Waals surface area contributed by atoms with Crippen LogP contribution in [0.1, 0.15) is 24.5 Å². The van der Waals surface area contributed by atoms with E-state index in [4.69, 9.17) is 15.2 Å². The summed E-state index contributed by atoms with van der Waals surface area (Å²) < 4.78 is 10.6. The lowest BCUT2D eigenvalue weighted by Crippen LogP contribution is -2.01. The van der Waals surface area contributed by atoms with Crippen molar-refractivity contribution in [3.8, 4) is 22.9 Å². The van der Waals surface area contributed by atoms with Crippen molar-refractivity contribution in [2.24, 2.45) is 0 Å². The van der Waals surface area contributed by atoms with Gasteiger partial charge in [0.1, 0.15) is 17.3 Å². The first kappa shape index (κ1) is 12.7. The molecule has 1 aliphatic rings. The molecule has 0 amide bonds. The van der Waals surface area contributed by atoms with Gasteiger partial charge in [0.15, 0.2) is 5.82 Å². The number of nitrogen functional groups attached to an aromatic ring is 1. The SMILES string of the molecule is COc1ccc(-c2nc(N)cc(C3CC3)n2)c(OC)c1. The average molecular weight is 271 g/mol. The molecule has 0 radical (unpaired) electrons. The van der Waals surface area contributed by atoms with Crippen LogP contribution in [0.15, 0.2) is 24.3 Å². The highest BCUT2D eigenvalue weighted by atomic mass is 16.5. The number of nitrogens with two attached hydrogens (primary N) is 1. The molecule has 1 aliphatic carbocycles. The van der Waals surface area contributed by atoms with Gasteiger partial charge in [0.2, 0.25) is 0 Å². The van der Waals surface area contributed by atoms with E-state index < -0.39 is 0 Å². The lowest BCUT2D eigenvalue weighted by Gasteiger charge is -2.10. The van der Waals surface area contributed by atoms with E-state index in [9.17, 15) is 0 Å². The van der Waals surface area contributed by atoms with Crippen molar-refractivity contribution < 1.29 is 9.47 Å². The molecule has 0 aliphatic heterocycles. The molecule has 104 valence electrons. The lowest BCUT2D eigenvalue weighted by atomic mass is 10.1. The molecule has 2 aromatic rings. The monoisotopic (exact) mass is 271 g/mol. The second-order valence-electron chi connectivity index (χ2n) is 4.88. The van der Waals surface area contributed by atoms with Gasteiger partial charge in [-0.25, -0.2) is 9.97 Å². The molecule has 0 bridgehead atoms. The van der Waals surface area contributed by atoms with Gasteiger partial charge in [-0.05, 0) is 25.0 Å². The van der Waals surface area contributed by atoms with E-state index in [-0.39, 0.29) is 0 Å². The summed E-state index contributed by atoms with van der Waals surface area (Å²) in [4.78, 5) is 8.94. The summed E-state index contributed by atoms with van der Waals surface area (Å²) >= 11 is 0. The summed E-state index contributed by atoms with van der Waals surface area (Å²) in [5.74, 6) is 3.04. The van der Waals surface area contributed by atoms with Crippen LogP contribution in [0.2, 0.25) is 0 Å². The van der Waals surface area contributed by atoms with Gasteiger partial charge in [-0.2, -0.15) is 0 Å². The minimum absolute atomic E-state index is 0.495. The Balaban J connectivity index is 2.07. The summed E-state index contributed by atoms with van der Waals surface area (Å²) in [6, 6.07) is 7.43. The van der Waals surface area contributed by atoms with Crippen LogP contribution in [0.4, 0.5) is 5.82 Å². The Morgan fingerprint density at radius 3 is 2.55 bits per heavy atom. The molecule has 2 N–H and O–H groups in total. The van der Waals surface area contributed by atoms with Crippen LogP contribution < -0.4 is 15.2 Å². The molecule has 0 spiro atoms. The van der Waals surface area contributed by atoms with Gasteiger partial charge in [-0.3, -0.25) is 0 Å². The maximum atomic E-state index is 5.89. The molecule has 1 fully saturated rings. The second-order valence-corrected chi connectivity index (χ2v) is 4.88. The van der Waals surface area contributed by atoms with Crippen LogP contribution in [-0.2, 0) is 0 Å². The third-order valence-corrected chi connectivity index (χ3v) is 3.41. The molecule has 5 nitrogen and oxygen atoms in total. The second kappa shape index (κ2) is 5.00. The van der Waals surface area contributed by atoms with Gasteiger partial charge in [-0.15, -0.1) is 0 Å². The Morgan fingerprint density at radius 2 is 1.90 bits per heavy atom. The Morgan fingerprint density at radius 1 is 1.10 bits per heavy atom. The first-order valence-corrected chi connectivity index (χ1v) is 6.58. The molecule has 0 saturated heterocycles. The fourth-order valence-electron chi connectivity index (χ4n) is 2.18. The number of hydrogen-bond acceptors (Lipinski definition) is 5. The van der Waals surface area contributed by atoms with Gasteiger partial charge in [0.25, 0.3) is 0 Å². The van der Waals surface area contributed by atoms with Crippen molar-refractivity contribution in [3.63, 3.8) is 0 Å². The van der Waals surface area contributed by atoms with E-state index in [0.29, 0.717) is 23.3 Å². The molecule has 1 aromatic carbocycles. The smallest absolute Gasteiger partial charge is 0.165 e. The Kier molecular flexibility index (Phi) is 3.18. The zero-order valence-corrected chi connectivity index (χ0v) is 11.6. The van der Waals surface area contributed by atoms with Crippen LogP contribution >= 0.6 is 0 Å². The predicted molar refractivity (Wildman–Crippen MR) is 77.0 cm³/mol. The van der Waals surface area contributed by atoms with E-state index in [1.807, 2.05) is 24.3 Å². The fourth-order valence-corrected chi connectivity index (χ4v) is 2.18. The largest absolute Gasteiger partial charge is 0.497 e. The summed E-state index contributed by atoms with van der Waals surface area (Å²) in [5, 5.41) is 0. The van der Waals surface area contributed by atoms with Crippen LogP contribution in [0.5, 0.6) is 11.5 Å². The van der Waals surface area contributed by atoms with Crippen LogP contribution in [0.25, 0.3) is 11.4 Å². The molecule has 20 heavy (non-hydrogen) atoms. The van der Waals surface area contributed by atoms with Crippen molar-refractivity contribution >= 4 is 5.82 Å². The molecular formula is C15H17N3O2. The number of anilines is 1. The topological polar surface area (TPSA) is 70.3 Å². The van der Waals surface area contributed by atoms with Crippen LogP contribution in [-0.4, -0.2) is 24.2 Å². The molecule has 0 atom stereocenters. The summed E-state index contributed by atoms with van der Waals surface area (Å²) in [5.41, 5.74) is 7.73. The number of ether oxygens (including phenoxy) is 2. The van der Waals surface area contributed by atoms with E-state index >= 15 is 0 Å². The minimum atomic E-state index is 0.495. The predicted octanol–water partition coefficient (Wildman–Crippen LogP) is 2.62. The molecule has 3 rings (SSSR count). The normalized spacial score (nSPS) is 14.1. The maximum absolute atomic E-state index is 5.89. The molecular weight excluding hydrogens is 254 g/mol. The average Bonchev–Trinajstić information content (AvgIpc) is 3.30. The molecule has 1 saturated carbocycles. The highest BCUT2D eigenvalue weighted by Crippen LogP contribution is 2.40. The quantitative estimate of drug-likeness (QED) is 0.925. The Bertz CT molecular complexity index is 639. The first-order valence-electron chi connectivity index (χ1n) is 6.58. The van der Waals surface area contributed by atoms with Gasteiger partial charge >= 0.3 is 0 Å². The number of aromatic nitrogens is 2. The fraction of sp³-hybridized carbons (Fsp3) is 0.333. The van der Waals surface area contributed by atoms with Gasteiger partial charge < -0.3 is 15.2 Å². The summed E-state index contributed by atoms with van der Waals surface area (Å²) in [7, 11) is 3.24. The third kappa shape index (κ3) is 2.39. The Labute approximate surface area is 117 Å². The van der Waals surface area contributed by atoms with Crippen molar-refractivity contribution in [1.29, 1.82) is 0 Å². The van der Waals surface area contributed by atoms with Crippen molar-refractivity contribution in [1.82, 2.24) is 9.97 Å². The molecule has 1 heterocycles. The number of hydrogen-bond donors (Lipinski definition) is 1. The first-order chi connectivity index (χ1) is 9.71. The molecule has 0 unspecified atom stereocenters. The minimum Gasteiger partial charge on any atom is -0.497 e. The highest BCUT2D eigenvalue weighted by Gasteiger charge is 2.26. The van der Waals surface area contributed by atoms with Crippen molar-refractivity contribution in [2.45, 2.75) is 18.8 Å². The van der Waals surface area contributed by atoms with Gasteiger partial charge in [0.05, 0.1) is 19.8 Å². The molecule has 5 heteroatoms. The Hall–Kier alpha value is -2.30. The van der Waals surface area contributed by atoms with E-state index in [1.165, 1.54) is 12.8 Å². The van der Waals surface area contributed by atoms with Gasteiger partial charge in [0, 0.05) is 23.7 Å². The number of nitrogens with zero attached hydrogens (tertiary/aromatic N) is 2. The number of rotatable bonds is 4. The zero-order chi connectivity index (χ0) is 14.1.